The Kier molecular flexibility index (Phi) is 18.0. The first-order valence-electron chi connectivity index (χ1n) is 6.25. The third-order valence-electron chi connectivity index (χ3n) is 1.29. The Hall–Kier alpha value is -2.36. The number of carboxylic acids is 2. The van der Waals surface area contributed by atoms with Crippen LogP contribution in [-0.4, -0.2) is 22.2 Å². The van der Waals surface area contributed by atoms with Crippen molar-refractivity contribution in [3.63, 3.8) is 0 Å². The summed E-state index contributed by atoms with van der Waals surface area (Å²) in [5, 5.41) is 15.7. The van der Waals surface area contributed by atoms with E-state index in [-0.39, 0.29) is 0 Å². The van der Waals surface area contributed by atoms with Gasteiger partial charge in [0.2, 0.25) is 0 Å². The Morgan fingerprint density at radius 2 is 1.05 bits per heavy atom. The third-order valence-corrected chi connectivity index (χ3v) is 1.29. The molecule has 0 aliphatic heterocycles. The lowest BCUT2D eigenvalue weighted by atomic mass is 10.4. The minimum absolute atomic E-state index is 0.891. The lowest BCUT2D eigenvalue weighted by Crippen LogP contribution is -1.83. The maximum absolute atomic E-state index is 9.51. The summed E-state index contributed by atoms with van der Waals surface area (Å²) in [4.78, 5) is 19.0. The van der Waals surface area contributed by atoms with Crippen molar-refractivity contribution in [2.45, 2.75) is 21.3 Å². The fraction of sp³-hybridized carbons (Fsp3) is 0.200. The van der Waals surface area contributed by atoms with Gasteiger partial charge in [-0.2, -0.15) is 0 Å². The molecule has 0 spiro atoms. The Morgan fingerprint density at radius 3 is 1.11 bits per heavy atom. The number of allylic oxidation sites excluding steroid dienone is 2. The molecule has 0 unspecified atom stereocenters. The maximum atomic E-state index is 9.51. The first kappa shape index (κ1) is 19.0. The van der Waals surface area contributed by atoms with Gasteiger partial charge >= 0.3 is 11.9 Å². The molecule has 1 aromatic rings. The van der Waals surface area contributed by atoms with Crippen molar-refractivity contribution in [1.82, 2.24) is 0 Å². The molecule has 19 heavy (non-hydrogen) atoms. The number of aliphatic carboxylic acids is 2. The molecule has 0 saturated heterocycles. The Labute approximate surface area is 116 Å². The van der Waals surface area contributed by atoms with Crippen molar-refractivity contribution in [3.05, 3.63) is 60.7 Å². The van der Waals surface area contributed by atoms with Crippen LogP contribution in [0.25, 0.3) is 0 Å². The lowest BCUT2D eigenvalue weighted by Gasteiger charge is -1.69. The van der Waals surface area contributed by atoms with Crippen LogP contribution in [0.1, 0.15) is 22.6 Å². The maximum Gasteiger partial charge on any atom is 0.327 e. The molecule has 0 aliphatic carbocycles. The second-order valence-corrected chi connectivity index (χ2v) is 2.83. The van der Waals surface area contributed by atoms with E-state index < -0.39 is 11.9 Å². The van der Waals surface area contributed by atoms with E-state index in [1.54, 1.807) is 13.8 Å². The summed E-state index contributed by atoms with van der Waals surface area (Å²) in [5.41, 5.74) is 0. The van der Waals surface area contributed by atoms with Crippen LogP contribution in [0.15, 0.2) is 60.7 Å². The highest BCUT2D eigenvalue weighted by molar-refractivity contribution is 5.79. The monoisotopic (exact) mass is 268 g/mol. The van der Waals surface area contributed by atoms with E-state index in [9.17, 15) is 9.59 Å². The van der Waals surface area contributed by atoms with Crippen molar-refractivity contribution in [2.24, 2.45) is 0 Å². The zero-order valence-electron chi connectivity index (χ0n) is 12.5. The van der Waals surface area contributed by atoms with Gasteiger partial charge < -0.3 is 10.2 Å². The third kappa shape index (κ3) is 31.3. The van der Waals surface area contributed by atoms with E-state index in [2.05, 4.69) is 0 Å². The Morgan fingerprint density at radius 1 is 0.842 bits per heavy atom. The Balaban J connectivity index is -0.000000204. The van der Waals surface area contributed by atoms with E-state index in [1.807, 2.05) is 36.4 Å². The number of carbonyl (C=O) groups is 2. The molecule has 4 heteroatoms. The first-order valence-corrected chi connectivity index (χ1v) is 5.25. The van der Waals surface area contributed by atoms with Crippen molar-refractivity contribution in [1.29, 1.82) is 0 Å². The summed E-state index contributed by atoms with van der Waals surface area (Å²) in [5.74, 6) is -1.78. The molecule has 0 aliphatic rings. The molecular weight excluding hydrogens is 244 g/mol. The van der Waals surface area contributed by atoms with Crippen LogP contribution < -0.4 is 0 Å². The van der Waals surface area contributed by atoms with Crippen LogP contribution >= 0.6 is 0 Å². The number of rotatable bonds is 2. The number of hydrogen-bond acceptors (Lipinski definition) is 2. The molecule has 0 fully saturated rings. The van der Waals surface area contributed by atoms with Crippen LogP contribution in [0.5, 0.6) is 0 Å². The molecule has 0 bridgehead atoms. The lowest BCUT2D eigenvalue weighted by molar-refractivity contribution is -0.132. The minimum Gasteiger partial charge on any atom is -0.478 e. The van der Waals surface area contributed by atoms with Gasteiger partial charge in [-0.1, -0.05) is 56.0 Å². The average Bonchev–Trinajstić information content (AvgIpc) is 2.44. The van der Waals surface area contributed by atoms with Crippen molar-refractivity contribution < 1.29 is 21.2 Å². The van der Waals surface area contributed by atoms with E-state index in [1.165, 1.54) is 19.6 Å². The summed E-state index contributed by atoms with van der Waals surface area (Å²) in [6, 6.07) is 12.0. The van der Waals surface area contributed by atoms with Gasteiger partial charge in [0, 0.05) is 13.5 Å². The topological polar surface area (TPSA) is 74.6 Å². The standard InChI is InChI=1S/C6H6.2C4H6O2.CH4/c1-2-4-6-5-3-1;2*1-2-3-4(5)6;/h1-6H;2*2-3H,1H3,(H,5,6);1H4/i;;;1T. The van der Waals surface area contributed by atoms with E-state index in [0.717, 1.165) is 12.2 Å². The molecule has 106 valence electrons. The molecule has 0 heterocycles. The summed E-state index contributed by atoms with van der Waals surface area (Å²) < 4.78 is 5.75. The van der Waals surface area contributed by atoms with Gasteiger partial charge in [-0.05, 0) is 13.8 Å². The predicted molar refractivity (Wildman–Crippen MR) is 78.1 cm³/mol. The van der Waals surface area contributed by atoms with Crippen molar-refractivity contribution in [2.75, 3.05) is 0 Å². The molecule has 0 radical (unpaired) electrons. The fourth-order valence-corrected chi connectivity index (χ4v) is 0.670. The summed E-state index contributed by atoms with van der Waals surface area (Å²) in [6.45, 7) is 3.32. The zero-order valence-corrected chi connectivity index (χ0v) is 11.5. The molecule has 0 atom stereocenters. The van der Waals surface area contributed by atoms with Crippen LogP contribution in [0.3, 0.4) is 0 Å². The average molecular weight is 268 g/mol. The van der Waals surface area contributed by atoms with Crippen LogP contribution in [-0.2, 0) is 9.59 Å². The van der Waals surface area contributed by atoms with Crippen LogP contribution in [0.4, 0.5) is 0 Å². The summed E-state index contributed by atoms with van der Waals surface area (Å²) in [6.07, 6.45) is 5.12. The Bertz CT molecular complexity index is 324. The summed E-state index contributed by atoms with van der Waals surface area (Å²) in [7, 11) is 1.25. The molecule has 0 aromatic heterocycles. The van der Waals surface area contributed by atoms with Crippen molar-refractivity contribution >= 4 is 11.9 Å². The zero-order chi connectivity index (χ0) is 16.2. The number of carboxylic acid groups (broad SMARTS) is 2. The SMILES string of the molecule is CC=CC(=O)O.CC=CC(=O)O.[3H]C.c1ccccc1. The molecule has 1 rings (SSSR count). The van der Waals surface area contributed by atoms with Gasteiger partial charge in [0.1, 0.15) is 0 Å². The van der Waals surface area contributed by atoms with Crippen molar-refractivity contribution in [3.8, 4) is 0 Å². The molecule has 2 N–H and O–H groups in total. The van der Waals surface area contributed by atoms with Gasteiger partial charge in [-0.15, -0.1) is 0 Å². The molecule has 4 nitrogen and oxygen atoms in total. The minimum atomic E-state index is -0.891. The quantitative estimate of drug-likeness (QED) is 0.803. The van der Waals surface area contributed by atoms with E-state index in [0.29, 0.717) is 0 Å². The van der Waals surface area contributed by atoms with Gasteiger partial charge in [0.15, 0.2) is 0 Å². The molecule has 1 aromatic carbocycles. The number of benzene rings is 1. The van der Waals surface area contributed by atoms with Crippen LogP contribution in [0.2, 0.25) is 0 Å². The molecular formula is C15H22O4. The summed E-state index contributed by atoms with van der Waals surface area (Å²) >= 11 is 0. The van der Waals surface area contributed by atoms with E-state index in [4.69, 9.17) is 11.6 Å². The van der Waals surface area contributed by atoms with Gasteiger partial charge in [-0.25, -0.2) is 9.59 Å². The molecule has 0 amide bonds. The predicted octanol–water partition coefficient (Wildman–Crippen LogP) is 3.62. The first-order chi connectivity index (χ1) is 9.54. The normalized spacial score (nSPS) is 8.89. The fourth-order valence-electron chi connectivity index (χ4n) is 0.670. The van der Waals surface area contributed by atoms with E-state index >= 15 is 0 Å². The van der Waals surface area contributed by atoms with Crippen LogP contribution in [0, 0.1) is 0 Å². The van der Waals surface area contributed by atoms with Gasteiger partial charge in [0.05, 0.1) is 0 Å². The second kappa shape index (κ2) is 18.0. The highest BCUT2D eigenvalue weighted by Gasteiger charge is 1.77. The number of hydrogen-bond donors (Lipinski definition) is 2. The largest absolute Gasteiger partial charge is 0.478 e. The molecule has 0 saturated carbocycles. The highest BCUT2D eigenvalue weighted by atomic mass is 16.4. The second-order valence-electron chi connectivity index (χ2n) is 2.83. The van der Waals surface area contributed by atoms with Gasteiger partial charge in [-0.3, -0.25) is 0 Å². The smallest absolute Gasteiger partial charge is 0.327 e. The highest BCUT2D eigenvalue weighted by Crippen LogP contribution is 1.79. The van der Waals surface area contributed by atoms with Gasteiger partial charge in [0.25, 0.3) is 0 Å².